The SMILES string of the molecule is COC(=O)[C@H](CN)C[NH3+]. The van der Waals surface area contributed by atoms with Gasteiger partial charge in [0.1, 0.15) is 5.92 Å². The summed E-state index contributed by atoms with van der Waals surface area (Å²) in [7, 11) is 1.35. The molecule has 0 saturated carbocycles. The van der Waals surface area contributed by atoms with Crippen LogP contribution in [0.5, 0.6) is 0 Å². The van der Waals surface area contributed by atoms with Crippen molar-refractivity contribution in [3.63, 3.8) is 0 Å². The molecular formula is C5H13N2O2+. The Bertz CT molecular complexity index is 91.0. The summed E-state index contributed by atoms with van der Waals surface area (Å²) >= 11 is 0. The molecule has 0 aliphatic carbocycles. The zero-order valence-electron chi connectivity index (χ0n) is 5.59. The summed E-state index contributed by atoms with van der Waals surface area (Å²) in [6, 6.07) is 0. The monoisotopic (exact) mass is 133 g/mol. The van der Waals surface area contributed by atoms with Crippen LogP contribution in [0, 0.1) is 5.92 Å². The van der Waals surface area contributed by atoms with Crippen LogP contribution in [0.3, 0.4) is 0 Å². The van der Waals surface area contributed by atoms with Gasteiger partial charge < -0.3 is 16.2 Å². The van der Waals surface area contributed by atoms with Crippen molar-refractivity contribution < 1.29 is 15.3 Å². The predicted molar refractivity (Wildman–Crippen MR) is 32.3 cm³/mol. The first-order valence-corrected chi connectivity index (χ1v) is 2.83. The molecule has 54 valence electrons. The lowest BCUT2D eigenvalue weighted by molar-refractivity contribution is -0.376. The number of esters is 1. The largest absolute Gasteiger partial charge is 0.469 e. The molecule has 1 atom stereocenters. The highest BCUT2D eigenvalue weighted by molar-refractivity contribution is 5.72. The van der Waals surface area contributed by atoms with Crippen LogP contribution < -0.4 is 11.5 Å². The van der Waals surface area contributed by atoms with E-state index in [1.54, 1.807) is 0 Å². The van der Waals surface area contributed by atoms with Gasteiger partial charge in [-0.05, 0) is 0 Å². The maximum Gasteiger partial charge on any atom is 0.315 e. The van der Waals surface area contributed by atoms with Gasteiger partial charge in [0, 0.05) is 6.54 Å². The topological polar surface area (TPSA) is 80.0 Å². The number of ether oxygens (including phenoxy) is 1. The molecule has 0 aromatic heterocycles. The average Bonchev–Trinajstić information content (AvgIpc) is 1.90. The summed E-state index contributed by atoms with van der Waals surface area (Å²) in [5.74, 6) is -0.498. The minimum atomic E-state index is -0.271. The Labute approximate surface area is 54.2 Å². The van der Waals surface area contributed by atoms with Crippen molar-refractivity contribution in [3.8, 4) is 0 Å². The third-order valence-corrected chi connectivity index (χ3v) is 1.17. The molecule has 9 heavy (non-hydrogen) atoms. The fourth-order valence-electron chi connectivity index (χ4n) is 0.499. The first-order chi connectivity index (χ1) is 4.26. The molecule has 0 fully saturated rings. The lowest BCUT2D eigenvalue weighted by Gasteiger charge is -2.05. The normalized spacial score (nSPS) is 12.8. The minimum absolute atomic E-state index is 0.227. The van der Waals surface area contributed by atoms with Crippen LogP contribution in [0.25, 0.3) is 0 Å². The molecule has 0 rings (SSSR count). The van der Waals surface area contributed by atoms with E-state index in [4.69, 9.17) is 5.73 Å². The molecule has 0 bridgehead atoms. The van der Waals surface area contributed by atoms with Gasteiger partial charge in [-0.15, -0.1) is 0 Å². The van der Waals surface area contributed by atoms with Gasteiger partial charge in [0.25, 0.3) is 0 Å². The molecule has 0 heterocycles. The third kappa shape index (κ3) is 2.43. The molecule has 4 nitrogen and oxygen atoms in total. The molecule has 0 aliphatic rings. The van der Waals surface area contributed by atoms with Gasteiger partial charge >= 0.3 is 5.97 Å². The highest BCUT2D eigenvalue weighted by atomic mass is 16.5. The maximum absolute atomic E-state index is 10.6. The van der Waals surface area contributed by atoms with Crippen LogP contribution in [0.4, 0.5) is 0 Å². The summed E-state index contributed by atoms with van der Waals surface area (Å²) in [5, 5.41) is 0. The maximum atomic E-state index is 10.6. The number of hydrogen-bond acceptors (Lipinski definition) is 3. The smallest absolute Gasteiger partial charge is 0.315 e. The molecule has 0 aromatic rings. The van der Waals surface area contributed by atoms with Crippen molar-refractivity contribution >= 4 is 5.97 Å². The Morgan fingerprint density at radius 2 is 2.44 bits per heavy atom. The molecule has 0 spiro atoms. The van der Waals surface area contributed by atoms with Gasteiger partial charge in [0.15, 0.2) is 0 Å². The van der Waals surface area contributed by atoms with Crippen molar-refractivity contribution in [2.24, 2.45) is 11.7 Å². The van der Waals surface area contributed by atoms with Gasteiger partial charge in [-0.1, -0.05) is 0 Å². The second-order valence-electron chi connectivity index (χ2n) is 1.74. The lowest BCUT2D eigenvalue weighted by atomic mass is 10.1. The molecule has 0 saturated heterocycles. The Morgan fingerprint density at radius 3 is 2.56 bits per heavy atom. The number of nitrogens with two attached hydrogens (primary N) is 1. The van der Waals surface area contributed by atoms with Gasteiger partial charge in [0.2, 0.25) is 0 Å². The van der Waals surface area contributed by atoms with E-state index in [-0.39, 0.29) is 11.9 Å². The number of carbonyl (C=O) groups is 1. The highest BCUT2D eigenvalue weighted by Crippen LogP contribution is 1.90. The summed E-state index contributed by atoms with van der Waals surface area (Å²) < 4.78 is 4.44. The molecule has 5 N–H and O–H groups in total. The summed E-state index contributed by atoms with van der Waals surface area (Å²) in [5.41, 5.74) is 8.76. The van der Waals surface area contributed by atoms with E-state index in [0.717, 1.165) is 0 Å². The Morgan fingerprint density at radius 1 is 1.89 bits per heavy atom. The van der Waals surface area contributed by atoms with Crippen LogP contribution in [0.15, 0.2) is 0 Å². The van der Waals surface area contributed by atoms with E-state index in [2.05, 4.69) is 10.5 Å². The zero-order chi connectivity index (χ0) is 7.28. The van der Waals surface area contributed by atoms with Crippen molar-refractivity contribution in [3.05, 3.63) is 0 Å². The zero-order valence-corrected chi connectivity index (χ0v) is 5.59. The Balaban J connectivity index is 3.64. The van der Waals surface area contributed by atoms with E-state index < -0.39 is 0 Å². The standard InChI is InChI=1S/C5H12N2O2/c1-9-5(8)4(2-6)3-7/h4H,2-3,6-7H2,1H3/p+1. The van der Waals surface area contributed by atoms with Crippen molar-refractivity contribution in [2.75, 3.05) is 20.2 Å². The van der Waals surface area contributed by atoms with Gasteiger partial charge in [-0.25, -0.2) is 0 Å². The minimum Gasteiger partial charge on any atom is -0.469 e. The number of methoxy groups -OCH3 is 1. The predicted octanol–water partition coefficient (Wildman–Crippen LogP) is -2.02. The van der Waals surface area contributed by atoms with E-state index in [9.17, 15) is 4.79 Å². The van der Waals surface area contributed by atoms with Crippen molar-refractivity contribution in [2.45, 2.75) is 0 Å². The highest BCUT2D eigenvalue weighted by Gasteiger charge is 2.16. The van der Waals surface area contributed by atoms with Crippen LogP contribution in [0.1, 0.15) is 0 Å². The fraction of sp³-hybridized carbons (Fsp3) is 0.800. The molecule has 0 aliphatic heterocycles. The summed E-state index contributed by atoms with van der Waals surface area (Å²) in [6.45, 7) is 0.819. The number of quaternary nitrogens is 1. The van der Waals surface area contributed by atoms with E-state index in [1.165, 1.54) is 7.11 Å². The van der Waals surface area contributed by atoms with Gasteiger partial charge in [-0.3, -0.25) is 4.79 Å². The quantitative estimate of drug-likeness (QED) is 0.436. The van der Waals surface area contributed by atoms with E-state index in [1.807, 2.05) is 0 Å². The molecule has 0 amide bonds. The molecular weight excluding hydrogens is 120 g/mol. The van der Waals surface area contributed by atoms with Gasteiger partial charge in [-0.2, -0.15) is 0 Å². The first kappa shape index (κ1) is 8.39. The Kier molecular flexibility index (Phi) is 4.00. The fourth-order valence-corrected chi connectivity index (χ4v) is 0.499. The molecule has 0 radical (unpaired) electrons. The van der Waals surface area contributed by atoms with Crippen molar-refractivity contribution in [1.82, 2.24) is 0 Å². The van der Waals surface area contributed by atoms with Crippen LogP contribution in [0.2, 0.25) is 0 Å². The second kappa shape index (κ2) is 4.29. The number of rotatable bonds is 3. The van der Waals surface area contributed by atoms with E-state index >= 15 is 0 Å². The van der Waals surface area contributed by atoms with E-state index in [0.29, 0.717) is 13.1 Å². The second-order valence-corrected chi connectivity index (χ2v) is 1.74. The van der Waals surface area contributed by atoms with Crippen LogP contribution in [-0.4, -0.2) is 26.2 Å². The number of hydrogen-bond donors (Lipinski definition) is 2. The van der Waals surface area contributed by atoms with Crippen LogP contribution in [-0.2, 0) is 9.53 Å². The molecule has 0 aromatic carbocycles. The molecule has 0 unspecified atom stereocenters. The first-order valence-electron chi connectivity index (χ1n) is 2.83. The van der Waals surface area contributed by atoms with Crippen molar-refractivity contribution in [1.29, 1.82) is 0 Å². The third-order valence-electron chi connectivity index (χ3n) is 1.17. The van der Waals surface area contributed by atoms with Gasteiger partial charge in [0.05, 0.1) is 13.7 Å². The lowest BCUT2D eigenvalue weighted by Crippen LogP contribution is -2.56. The van der Waals surface area contributed by atoms with Crippen LogP contribution >= 0.6 is 0 Å². The molecule has 4 heteroatoms. The summed E-state index contributed by atoms with van der Waals surface area (Å²) in [6.07, 6.45) is 0. The Hall–Kier alpha value is -0.610. The number of carbonyl (C=O) groups excluding carboxylic acids is 1. The average molecular weight is 133 g/mol. The summed E-state index contributed by atoms with van der Waals surface area (Å²) in [4.78, 5) is 10.6.